The van der Waals surface area contributed by atoms with E-state index in [1.54, 1.807) is 0 Å². The smallest absolute Gasteiger partial charge is 0.220 e. The molecule has 1 heterocycles. The minimum Gasteiger partial charge on any atom is -0.400 e. The second-order valence-electron chi connectivity index (χ2n) is 2.73. The van der Waals surface area contributed by atoms with E-state index in [1.807, 2.05) is 6.92 Å². The summed E-state index contributed by atoms with van der Waals surface area (Å²) in [6, 6.07) is 0.0116. The third-order valence-electron chi connectivity index (χ3n) is 2.08. The predicted octanol–water partition coefficient (Wildman–Crippen LogP) is -0.498. The zero-order valence-electron chi connectivity index (χ0n) is 7.58. The Morgan fingerprint density at radius 1 is 1.58 bits per heavy atom. The summed E-state index contributed by atoms with van der Waals surface area (Å²) in [5.41, 5.74) is 0. The Bertz CT molecular complexity index is 124. The van der Waals surface area contributed by atoms with E-state index in [4.69, 9.17) is 10.2 Å². The summed E-state index contributed by atoms with van der Waals surface area (Å²) in [5, 5.41) is 18.5. The Morgan fingerprint density at radius 3 is 2.50 bits per heavy atom. The monoisotopic (exact) mass is 175 g/mol. The molecule has 1 rings (SSSR count). The van der Waals surface area contributed by atoms with Gasteiger partial charge in [-0.05, 0) is 5.92 Å². The first-order valence-corrected chi connectivity index (χ1v) is 4.12. The number of aliphatic hydroxyl groups excluding tert-OH is 2. The van der Waals surface area contributed by atoms with Gasteiger partial charge < -0.3 is 15.5 Å². The third-order valence-corrected chi connectivity index (χ3v) is 2.08. The molecular weight excluding hydrogens is 158 g/mol. The Labute approximate surface area is 72.6 Å². The van der Waals surface area contributed by atoms with Crippen LogP contribution in [-0.4, -0.2) is 35.9 Å². The molecule has 0 aliphatic carbocycles. The molecule has 0 aromatic carbocycles. The molecular formula is C8H17NO3. The Balaban J connectivity index is 0.000000561. The standard InChI is InChI=1S/C7H13NO2.CH4O/c1-2-5-3-7(10)8-6(5)4-9;1-2/h5-6,9H,2-4H2,1H3,(H,8,10);2H,1H3. The SMILES string of the molecule is CCC1CC(=O)NC1CO.CO. The molecule has 2 unspecified atom stereocenters. The van der Waals surface area contributed by atoms with Crippen LogP contribution < -0.4 is 5.32 Å². The fourth-order valence-corrected chi connectivity index (χ4v) is 1.39. The van der Waals surface area contributed by atoms with Gasteiger partial charge in [0, 0.05) is 13.5 Å². The number of hydrogen-bond donors (Lipinski definition) is 3. The van der Waals surface area contributed by atoms with Crippen LogP contribution in [-0.2, 0) is 4.79 Å². The van der Waals surface area contributed by atoms with Crippen LogP contribution in [0, 0.1) is 5.92 Å². The van der Waals surface area contributed by atoms with Crippen molar-refractivity contribution >= 4 is 5.91 Å². The molecule has 1 aliphatic heterocycles. The van der Waals surface area contributed by atoms with Crippen LogP contribution in [0.25, 0.3) is 0 Å². The van der Waals surface area contributed by atoms with Gasteiger partial charge in [0.25, 0.3) is 0 Å². The number of carbonyl (C=O) groups excluding carboxylic acids is 1. The summed E-state index contributed by atoms with van der Waals surface area (Å²) >= 11 is 0. The van der Waals surface area contributed by atoms with Gasteiger partial charge in [-0.1, -0.05) is 13.3 Å². The highest BCUT2D eigenvalue weighted by molar-refractivity contribution is 5.79. The van der Waals surface area contributed by atoms with Gasteiger partial charge in [-0.15, -0.1) is 0 Å². The van der Waals surface area contributed by atoms with Crippen molar-refractivity contribution in [3.63, 3.8) is 0 Å². The molecule has 1 saturated heterocycles. The van der Waals surface area contributed by atoms with E-state index in [9.17, 15) is 4.79 Å². The predicted molar refractivity (Wildman–Crippen MR) is 45.6 cm³/mol. The van der Waals surface area contributed by atoms with Crippen molar-refractivity contribution in [2.45, 2.75) is 25.8 Å². The summed E-state index contributed by atoms with van der Waals surface area (Å²) in [7, 11) is 1.00. The van der Waals surface area contributed by atoms with Crippen molar-refractivity contribution < 1.29 is 15.0 Å². The second kappa shape index (κ2) is 5.97. The topological polar surface area (TPSA) is 69.6 Å². The fourth-order valence-electron chi connectivity index (χ4n) is 1.39. The van der Waals surface area contributed by atoms with Gasteiger partial charge in [0.05, 0.1) is 12.6 Å². The van der Waals surface area contributed by atoms with Gasteiger partial charge in [-0.3, -0.25) is 4.79 Å². The first kappa shape index (κ1) is 11.4. The van der Waals surface area contributed by atoms with Gasteiger partial charge in [-0.25, -0.2) is 0 Å². The molecule has 0 radical (unpaired) electrons. The molecule has 1 amide bonds. The van der Waals surface area contributed by atoms with Crippen molar-refractivity contribution in [2.75, 3.05) is 13.7 Å². The van der Waals surface area contributed by atoms with E-state index in [1.165, 1.54) is 0 Å². The van der Waals surface area contributed by atoms with Gasteiger partial charge in [0.2, 0.25) is 5.91 Å². The average molecular weight is 175 g/mol. The second-order valence-corrected chi connectivity index (χ2v) is 2.73. The largest absolute Gasteiger partial charge is 0.400 e. The van der Waals surface area contributed by atoms with E-state index in [0.717, 1.165) is 13.5 Å². The van der Waals surface area contributed by atoms with Crippen LogP contribution in [0.4, 0.5) is 0 Å². The first-order chi connectivity index (χ1) is 5.77. The van der Waals surface area contributed by atoms with Crippen molar-refractivity contribution in [1.29, 1.82) is 0 Å². The maximum absolute atomic E-state index is 10.8. The zero-order valence-corrected chi connectivity index (χ0v) is 7.58. The molecule has 12 heavy (non-hydrogen) atoms. The fraction of sp³-hybridized carbons (Fsp3) is 0.875. The van der Waals surface area contributed by atoms with Gasteiger partial charge in [0.1, 0.15) is 0 Å². The van der Waals surface area contributed by atoms with Gasteiger partial charge in [0.15, 0.2) is 0 Å². The van der Waals surface area contributed by atoms with Crippen molar-refractivity contribution in [1.82, 2.24) is 5.32 Å². The van der Waals surface area contributed by atoms with Crippen molar-refractivity contribution in [2.24, 2.45) is 5.92 Å². The molecule has 72 valence electrons. The molecule has 1 aliphatic rings. The number of amides is 1. The highest BCUT2D eigenvalue weighted by Gasteiger charge is 2.29. The zero-order chi connectivity index (χ0) is 9.56. The molecule has 0 spiro atoms. The normalized spacial score (nSPS) is 27.5. The van der Waals surface area contributed by atoms with E-state index in [0.29, 0.717) is 12.3 Å². The Morgan fingerprint density at radius 2 is 2.17 bits per heavy atom. The summed E-state index contributed by atoms with van der Waals surface area (Å²) in [6.07, 6.45) is 1.55. The molecule has 1 fully saturated rings. The van der Waals surface area contributed by atoms with Crippen molar-refractivity contribution in [3.05, 3.63) is 0 Å². The van der Waals surface area contributed by atoms with Crippen LogP contribution >= 0.6 is 0 Å². The molecule has 4 heteroatoms. The molecule has 0 bridgehead atoms. The van der Waals surface area contributed by atoms with Crippen molar-refractivity contribution in [3.8, 4) is 0 Å². The molecule has 3 N–H and O–H groups in total. The number of rotatable bonds is 2. The highest BCUT2D eigenvalue weighted by Crippen LogP contribution is 2.18. The summed E-state index contributed by atoms with van der Waals surface area (Å²) in [5.74, 6) is 0.420. The molecule has 0 aromatic heterocycles. The third kappa shape index (κ3) is 2.79. The molecule has 2 atom stereocenters. The Kier molecular flexibility index (Phi) is 5.66. The number of aliphatic hydroxyl groups is 2. The van der Waals surface area contributed by atoms with Crippen LogP contribution in [0.15, 0.2) is 0 Å². The summed E-state index contributed by atoms with van der Waals surface area (Å²) < 4.78 is 0. The maximum Gasteiger partial charge on any atom is 0.220 e. The number of carbonyl (C=O) groups is 1. The summed E-state index contributed by atoms with van der Waals surface area (Å²) in [4.78, 5) is 10.8. The van der Waals surface area contributed by atoms with Crippen LogP contribution in [0.1, 0.15) is 19.8 Å². The molecule has 4 nitrogen and oxygen atoms in total. The van der Waals surface area contributed by atoms with Crippen LogP contribution in [0.2, 0.25) is 0 Å². The molecule has 0 aromatic rings. The average Bonchev–Trinajstić information content (AvgIpc) is 2.49. The van der Waals surface area contributed by atoms with E-state index >= 15 is 0 Å². The van der Waals surface area contributed by atoms with E-state index in [-0.39, 0.29) is 18.6 Å². The highest BCUT2D eigenvalue weighted by atomic mass is 16.3. The number of hydrogen-bond acceptors (Lipinski definition) is 3. The lowest BCUT2D eigenvalue weighted by Gasteiger charge is -2.12. The summed E-state index contributed by atoms with van der Waals surface area (Å²) in [6.45, 7) is 2.11. The lowest BCUT2D eigenvalue weighted by molar-refractivity contribution is -0.119. The quantitative estimate of drug-likeness (QED) is 0.530. The maximum atomic E-state index is 10.8. The minimum absolute atomic E-state index is 0.0116. The van der Waals surface area contributed by atoms with Crippen LogP contribution in [0.5, 0.6) is 0 Å². The van der Waals surface area contributed by atoms with E-state index in [2.05, 4.69) is 5.32 Å². The minimum atomic E-state index is 0.0116. The first-order valence-electron chi connectivity index (χ1n) is 4.12. The van der Waals surface area contributed by atoms with E-state index < -0.39 is 0 Å². The lowest BCUT2D eigenvalue weighted by atomic mass is 9.99. The lowest BCUT2D eigenvalue weighted by Crippen LogP contribution is -2.32. The van der Waals surface area contributed by atoms with Crippen LogP contribution in [0.3, 0.4) is 0 Å². The Hall–Kier alpha value is -0.610. The number of nitrogens with one attached hydrogen (secondary N) is 1. The van der Waals surface area contributed by atoms with Gasteiger partial charge in [-0.2, -0.15) is 0 Å². The molecule has 0 saturated carbocycles. The van der Waals surface area contributed by atoms with Gasteiger partial charge >= 0.3 is 0 Å².